The maximum Gasteiger partial charge on any atom is 0.179 e. The Hall–Kier alpha value is -4.15. The predicted octanol–water partition coefficient (Wildman–Crippen LogP) is 7.29. The Balaban J connectivity index is 1.70. The quantitative estimate of drug-likeness (QED) is 0.269. The van der Waals surface area contributed by atoms with Crippen LogP contribution >= 0.6 is 11.3 Å². The molecule has 0 amide bonds. The number of benzene rings is 4. The van der Waals surface area contributed by atoms with E-state index in [-0.39, 0.29) is 17.3 Å². The summed E-state index contributed by atoms with van der Waals surface area (Å²) in [7, 11) is 0. The van der Waals surface area contributed by atoms with Crippen LogP contribution in [0.15, 0.2) is 109 Å². The number of ketones is 1. The van der Waals surface area contributed by atoms with Gasteiger partial charge in [0.2, 0.25) is 0 Å². The zero-order valence-corrected chi connectivity index (χ0v) is 19.6. The minimum absolute atomic E-state index is 0.0420. The van der Waals surface area contributed by atoms with Crippen LogP contribution < -0.4 is 0 Å². The van der Waals surface area contributed by atoms with Crippen LogP contribution in [0.5, 0.6) is 11.5 Å². The van der Waals surface area contributed by atoms with Crippen LogP contribution in [0.2, 0.25) is 0 Å². The summed E-state index contributed by atoms with van der Waals surface area (Å²) in [6.07, 6.45) is 3.98. The molecule has 0 radical (unpaired) electrons. The molecule has 1 heterocycles. The lowest BCUT2D eigenvalue weighted by molar-refractivity contribution is 0.0905. The monoisotopic (exact) mass is 474 g/mol. The summed E-state index contributed by atoms with van der Waals surface area (Å²) in [6, 6.07) is 30.1. The van der Waals surface area contributed by atoms with E-state index in [1.807, 2.05) is 90.3 Å². The first-order valence-corrected chi connectivity index (χ1v) is 12.3. The first kappa shape index (κ1) is 21.4. The van der Waals surface area contributed by atoms with Gasteiger partial charge in [-0.1, -0.05) is 84.9 Å². The van der Waals surface area contributed by atoms with Crippen molar-refractivity contribution in [1.29, 1.82) is 0 Å². The van der Waals surface area contributed by atoms with Gasteiger partial charge in [0.25, 0.3) is 0 Å². The number of allylic oxidation sites excluding steroid dienone is 1. The number of phenols is 2. The first-order chi connectivity index (χ1) is 17.1. The highest BCUT2D eigenvalue weighted by atomic mass is 32.1. The van der Waals surface area contributed by atoms with Crippen molar-refractivity contribution in [1.82, 2.24) is 0 Å². The number of carbonyl (C=O) groups is 1. The number of phenolic OH excluding ortho intramolecular Hbond substituents is 2. The number of Topliss-reactive ketones (excluding diaryl/α,β-unsaturated/α-hetero) is 1. The number of hydrogen-bond donors (Lipinski definition) is 2. The molecule has 2 N–H and O–H groups in total. The van der Waals surface area contributed by atoms with E-state index in [9.17, 15) is 15.0 Å². The third-order valence-corrected chi connectivity index (χ3v) is 7.95. The SMILES string of the molecule is O=C(c1csc2ccccc12)C1(c2ccc(O)cc2)C=Cc2ccccc2C1c1ccccc1O. The Labute approximate surface area is 207 Å². The molecule has 0 saturated heterocycles. The van der Waals surface area contributed by atoms with E-state index < -0.39 is 11.3 Å². The van der Waals surface area contributed by atoms with Gasteiger partial charge in [-0.3, -0.25) is 4.79 Å². The van der Waals surface area contributed by atoms with E-state index in [1.165, 1.54) is 0 Å². The fourth-order valence-corrected chi connectivity index (χ4v) is 6.29. The lowest BCUT2D eigenvalue weighted by atomic mass is 9.58. The average molecular weight is 475 g/mol. The van der Waals surface area contributed by atoms with Crippen molar-refractivity contribution < 1.29 is 15.0 Å². The minimum Gasteiger partial charge on any atom is -0.508 e. The van der Waals surface area contributed by atoms with E-state index in [4.69, 9.17) is 0 Å². The van der Waals surface area contributed by atoms with Crippen LogP contribution in [0.25, 0.3) is 16.2 Å². The molecule has 1 aromatic heterocycles. The van der Waals surface area contributed by atoms with Crippen molar-refractivity contribution in [2.75, 3.05) is 0 Å². The van der Waals surface area contributed by atoms with Gasteiger partial charge in [-0.2, -0.15) is 0 Å². The molecule has 5 aromatic rings. The van der Waals surface area contributed by atoms with Gasteiger partial charge in [-0.05, 0) is 41.0 Å². The molecule has 1 aliphatic carbocycles. The number of rotatable bonds is 4. The maximum absolute atomic E-state index is 14.8. The molecule has 0 bridgehead atoms. The van der Waals surface area contributed by atoms with E-state index >= 15 is 0 Å². The van der Waals surface area contributed by atoms with Gasteiger partial charge in [-0.25, -0.2) is 0 Å². The van der Waals surface area contributed by atoms with E-state index in [0.29, 0.717) is 11.1 Å². The van der Waals surface area contributed by atoms with Crippen LogP contribution in [-0.4, -0.2) is 16.0 Å². The van der Waals surface area contributed by atoms with Gasteiger partial charge >= 0.3 is 0 Å². The second kappa shape index (κ2) is 8.26. The highest BCUT2D eigenvalue weighted by Gasteiger charge is 2.50. The highest BCUT2D eigenvalue weighted by molar-refractivity contribution is 7.17. The molecule has 3 nitrogen and oxygen atoms in total. The molecule has 170 valence electrons. The third-order valence-electron chi connectivity index (χ3n) is 6.98. The summed E-state index contributed by atoms with van der Waals surface area (Å²) >= 11 is 1.55. The van der Waals surface area contributed by atoms with Crippen molar-refractivity contribution in [3.8, 4) is 11.5 Å². The van der Waals surface area contributed by atoms with Crippen molar-refractivity contribution in [3.05, 3.63) is 136 Å². The number of thiophene rings is 1. The largest absolute Gasteiger partial charge is 0.508 e. The third kappa shape index (κ3) is 3.29. The first-order valence-electron chi connectivity index (χ1n) is 11.5. The van der Waals surface area contributed by atoms with Gasteiger partial charge in [-0.15, -0.1) is 11.3 Å². The van der Waals surface area contributed by atoms with Gasteiger partial charge in [0.05, 0.1) is 5.41 Å². The van der Waals surface area contributed by atoms with Crippen molar-refractivity contribution in [2.45, 2.75) is 11.3 Å². The molecular weight excluding hydrogens is 452 g/mol. The Bertz CT molecular complexity index is 1600. The van der Waals surface area contributed by atoms with Crippen LogP contribution in [0.3, 0.4) is 0 Å². The van der Waals surface area contributed by atoms with Crippen LogP contribution in [0, 0.1) is 0 Å². The predicted molar refractivity (Wildman–Crippen MR) is 141 cm³/mol. The Morgan fingerprint density at radius 2 is 1.46 bits per heavy atom. The summed E-state index contributed by atoms with van der Waals surface area (Å²) in [5.41, 5.74) is 2.95. The molecule has 2 atom stereocenters. The van der Waals surface area contributed by atoms with Gasteiger partial charge < -0.3 is 10.2 Å². The molecular formula is C31H22O3S. The average Bonchev–Trinajstić information content (AvgIpc) is 3.33. The second-order valence-corrected chi connectivity index (χ2v) is 9.76. The molecule has 6 rings (SSSR count). The minimum atomic E-state index is -1.13. The maximum atomic E-state index is 14.8. The number of para-hydroxylation sites is 1. The Kier molecular flexibility index (Phi) is 5.05. The number of aromatic hydroxyl groups is 2. The summed E-state index contributed by atoms with van der Waals surface area (Å²) in [5, 5.41) is 23.9. The van der Waals surface area contributed by atoms with Crippen LogP contribution in [0.1, 0.15) is 38.5 Å². The molecule has 2 unspecified atom stereocenters. The summed E-state index contributed by atoms with van der Waals surface area (Å²) < 4.78 is 1.05. The zero-order valence-electron chi connectivity index (χ0n) is 18.8. The smallest absolute Gasteiger partial charge is 0.179 e. The number of hydrogen-bond acceptors (Lipinski definition) is 4. The molecule has 4 heteroatoms. The number of carbonyl (C=O) groups excluding carboxylic acids is 1. The van der Waals surface area contributed by atoms with Crippen molar-refractivity contribution >= 4 is 33.3 Å². The van der Waals surface area contributed by atoms with Gasteiger partial charge in [0.1, 0.15) is 11.5 Å². The Morgan fingerprint density at radius 3 is 2.26 bits per heavy atom. The van der Waals surface area contributed by atoms with Crippen LogP contribution in [-0.2, 0) is 5.41 Å². The molecule has 35 heavy (non-hydrogen) atoms. The van der Waals surface area contributed by atoms with Gasteiger partial charge in [0.15, 0.2) is 5.78 Å². The van der Waals surface area contributed by atoms with Crippen LogP contribution in [0.4, 0.5) is 0 Å². The lowest BCUT2D eigenvalue weighted by Crippen LogP contribution is -2.42. The van der Waals surface area contributed by atoms with Gasteiger partial charge in [0, 0.05) is 32.5 Å². The van der Waals surface area contributed by atoms with Crippen molar-refractivity contribution in [3.63, 3.8) is 0 Å². The highest BCUT2D eigenvalue weighted by Crippen LogP contribution is 2.53. The van der Waals surface area contributed by atoms with E-state index in [1.54, 1.807) is 35.6 Å². The van der Waals surface area contributed by atoms with E-state index in [0.717, 1.165) is 26.8 Å². The normalized spacial score (nSPS) is 18.9. The fourth-order valence-electron chi connectivity index (χ4n) is 5.35. The van der Waals surface area contributed by atoms with Crippen molar-refractivity contribution in [2.24, 2.45) is 0 Å². The molecule has 0 spiro atoms. The second-order valence-electron chi connectivity index (χ2n) is 8.84. The number of fused-ring (bicyclic) bond motifs is 2. The lowest BCUT2D eigenvalue weighted by Gasteiger charge is -2.41. The standard InChI is InChI=1S/C31H22O3S/c32-22-15-13-21(14-16-22)31(30(34)26-19-35-28-12-6-4-9-24(26)28)18-17-20-7-1-2-8-23(20)29(31)25-10-3-5-11-27(25)33/h1-19,29,32-33H. The summed E-state index contributed by atoms with van der Waals surface area (Å²) in [6.45, 7) is 0. The summed E-state index contributed by atoms with van der Waals surface area (Å²) in [5.74, 6) is -0.231. The zero-order chi connectivity index (χ0) is 24.0. The Morgan fingerprint density at radius 1 is 0.771 bits per heavy atom. The molecule has 4 aromatic carbocycles. The summed E-state index contributed by atoms with van der Waals surface area (Å²) in [4.78, 5) is 14.8. The fraction of sp³-hybridized carbons (Fsp3) is 0.0645. The molecule has 1 aliphatic rings. The topological polar surface area (TPSA) is 57.5 Å². The van der Waals surface area contributed by atoms with E-state index in [2.05, 4.69) is 0 Å². The molecule has 0 aliphatic heterocycles. The molecule has 0 saturated carbocycles. The molecule has 0 fully saturated rings.